The summed E-state index contributed by atoms with van der Waals surface area (Å²) >= 11 is 3.31. The predicted molar refractivity (Wildman–Crippen MR) is 74.2 cm³/mol. The van der Waals surface area contributed by atoms with Gasteiger partial charge in [0.1, 0.15) is 4.60 Å². The predicted octanol–water partition coefficient (Wildman–Crippen LogP) is 4.43. The first-order chi connectivity index (χ1) is 8.79. The van der Waals surface area contributed by atoms with E-state index in [1.165, 1.54) is 0 Å². The number of rotatable bonds is 5. The van der Waals surface area contributed by atoms with Crippen molar-refractivity contribution in [1.29, 1.82) is 0 Å². The molecule has 0 amide bonds. The molecule has 94 valence electrons. The molecule has 1 aromatic heterocycles. The van der Waals surface area contributed by atoms with Crippen molar-refractivity contribution in [2.24, 2.45) is 0 Å². The Balaban J connectivity index is 2.17. The van der Waals surface area contributed by atoms with Gasteiger partial charge in [-0.15, -0.1) is 0 Å². The lowest BCUT2D eigenvalue weighted by atomic mass is 10.3. The van der Waals surface area contributed by atoms with E-state index in [1.807, 2.05) is 36.4 Å². The minimum atomic E-state index is 0.539. The number of pyridine rings is 1. The van der Waals surface area contributed by atoms with Crippen LogP contribution < -0.4 is 9.47 Å². The molecule has 0 atom stereocenters. The number of halogens is 1. The van der Waals surface area contributed by atoms with Gasteiger partial charge < -0.3 is 9.47 Å². The van der Waals surface area contributed by atoms with Gasteiger partial charge in [-0.3, -0.25) is 0 Å². The highest BCUT2D eigenvalue weighted by Crippen LogP contribution is 2.30. The minimum Gasteiger partial charge on any atom is -0.490 e. The highest BCUT2D eigenvalue weighted by atomic mass is 79.9. The number of benzene rings is 1. The Morgan fingerprint density at radius 2 is 1.83 bits per heavy atom. The molecule has 0 spiro atoms. The van der Waals surface area contributed by atoms with E-state index in [9.17, 15) is 0 Å². The molecule has 2 rings (SSSR count). The van der Waals surface area contributed by atoms with Gasteiger partial charge >= 0.3 is 0 Å². The molecule has 0 N–H and O–H groups in total. The first-order valence-corrected chi connectivity index (χ1v) is 6.61. The van der Waals surface area contributed by atoms with Crippen LogP contribution in [0.15, 0.2) is 47.1 Å². The Morgan fingerprint density at radius 1 is 1.06 bits per heavy atom. The van der Waals surface area contributed by atoms with Crippen molar-refractivity contribution >= 4 is 15.9 Å². The lowest BCUT2D eigenvalue weighted by molar-refractivity contribution is 0.300. The van der Waals surface area contributed by atoms with Crippen molar-refractivity contribution in [3.8, 4) is 17.4 Å². The zero-order chi connectivity index (χ0) is 12.8. The maximum absolute atomic E-state index is 5.72. The Kier molecular flexibility index (Phi) is 4.59. The summed E-state index contributed by atoms with van der Waals surface area (Å²) in [5, 5.41) is 0. The maximum Gasteiger partial charge on any atom is 0.220 e. The topological polar surface area (TPSA) is 31.4 Å². The second-order valence-corrected chi connectivity index (χ2v) is 4.51. The average Bonchev–Trinajstić information content (AvgIpc) is 2.38. The van der Waals surface area contributed by atoms with Crippen LogP contribution in [0.25, 0.3) is 0 Å². The van der Waals surface area contributed by atoms with Gasteiger partial charge in [0.15, 0.2) is 11.5 Å². The molecule has 2 aromatic rings. The fraction of sp³-hybridized carbons (Fsp3) is 0.214. The van der Waals surface area contributed by atoms with E-state index in [4.69, 9.17) is 9.47 Å². The second-order valence-electron chi connectivity index (χ2n) is 3.70. The molecule has 0 saturated heterocycles. The number of hydrogen-bond donors (Lipinski definition) is 0. The minimum absolute atomic E-state index is 0.539. The summed E-state index contributed by atoms with van der Waals surface area (Å²) in [6.45, 7) is 2.74. The third-order valence-electron chi connectivity index (χ3n) is 2.21. The highest BCUT2D eigenvalue weighted by Gasteiger charge is 2.06. The Labute approximate surface area is 115 Å². The number of hydrogen-bond acceptors (Lipinski definition) is 3. The monoisotopic (exact) mass is 307 g/mol. The Morgan fingerprint density at radius 3 is 2.56 bits per heavy atom. The summed E-state index contributed by atoms with van der Waals surface area (Å²) in [5.41, 5.74) is 0. The molecule has 0 aliphatic rings. The molecule has 0 bridgehead atoms. The van der Waals surface area contributed by atoms with Crippen molar-refractivity contribution in [2.75, 3.05) is 6.61 Å². The quantitative estimate of drug-likeness (QED) is 0.766. The molecule has 1 aromatic carbocycles. The number of para-hydroxylation sites is 2. The fourth-order valence-corrected chi connectivity index (χ4v) is 1.75. The normalized spacial score (nSPS) is 10.1. The van der Waals surface area contributed by atoms with E-state index >= 15 is 0 Å². The number of aromatic nitrogens is 1. The van der Waals surface area contributed by atoms with Crippen LogP contribution in [0, 0.1) is 0 Å². The average molecular weight is 308 g/mol. The standard InChI is InChI=1S/C14H14BrNO2/c1-2-10-17-11-6-3-4-7-12(11)18-14-9-5-8-13(15)16-14/h3-9H,2,10H2,1H3. The summed E-state index contributed by atoms with van der Waals surface area (Å²) in [5.74, 6) is 1.95. The molecule has 0 saturated carbocycles. The highest BCUT2D eigenvalue weighted by molar-refractivity contribution is 9.10. The summed E-state index contributed by atoms with van der Waals surface area (Å²) in [7, 11) is 0. The van der Waals surface area contributed by atoms with Crippen molar-refractivity contribution in [2.45, 2.75) is 13.3 Å². The van der Waals surface area contributed by atoms with Crippen LogP contribution >= 0.6 is 15.9 Å². The first kappa shape index (κ1) is 12.9. The largest absolute Gasteiger partial charge is 0.490 e. The number of nitrogens with zero attached hydrogens (tertiary/aromatic N) is 1. The van der Waals surface area contributed by atoms with E-state index in [0.29, 0.717) is 18.2 Å². The van der Waals surface area contributed by atoms with Crippen LogP contribution in [-0.2, 0) is 0 Å². The van der Waals surface area contributed by atoms with Crippen molar-refractivity contribution in [1.82, 2.24) is 4.98 Å². The molecule has 0 aliphatic carbocycles. The second kappa shape index (κ2) is 6.40. The van der Waals surface area contributed by atoms with Crippen molar-refractivity contribution in [3.63, 3.8) is 0 Å². The third-order valence-corrected chi connectivity index (χ3v) is 2.66. The van der Waals surface area contributed by atoms with E-state index in [2.05, 4.69) is 27.8 Å². The van der Waals surface area contributed by atoms with Crippen molar-refractivity contribution < 1.29 is 9.47 Å². The van der Waals surface area contributed by atoms with Crippen LogP contribution in [0.5, 0.6) is 17.4 Å². The molecular formula is C14H14BrNO2. The third kappa shape index (κ3) is 3.47. The summed E-state index contributed by atoms with van der Waals surface area (Å²) in [6, 6.07) is 13.1. The van der Waals surface area contributed by atoms with Gasteiger partial charge in [-0.25, -0.2) is 4.98 Å². The Hall–Kier alpha value is -1.55. The Bertz CT molecular complexity index is 517. The van der Waals surface area contributed by atoms with Crippen LogP contribution in [0.4, 0.5) is 0 Å². The fourth-order valence-electron chi connectivity index (χ4n) is 1.42. The van der Waals surface area contributed by atoms with Crippen LogP contribution in [-0.4, -0.2) is 11.6 Å². The van der Waals surface area contributed by atoms with E-state index < -0.39 is 0 Å². The van der Waals surface area contributed by atoms with E-state index in [0.717, 1.165) is 16.8 Å². The lowest BCUT2D eigenvalue weighted by Crippen LogP contribution is -1.97. The lowest BCUT2D eigenvalue weighted by Gasteiger charge is -2.11. The van der Waals surface area contributed by atoms with Gasteiger partial charge in [-0.05, 0) is 40.5 Å². The van der Waals surface area contributed by atoms with Crippen LogP contribution in [0.2, 0.25) is 0 Å². The van der Waals surface area contributed by atoms with Gasteiger partial charge in [0.25, 0.3) is 0 Å². The molecule has 0 radical (unpaired) electrons. The van der Waals surface area contributed by atoms with Crippen molar-refractivity contribution in [3.05, 3.63) is 47.1 Å². The molecule has 0 unspecified atom stereocenters. The van der Waals surface area contributed by atoms with Crippen LogP contribution in [0.3, 0.4) is 0 Å². The van der Waals surface area contributed by atoms with Gasteiger partial charge in [0.05, 0.1) is 6.61 Å². The smallest absolute Gasteiger partial charge is 0.220 e. The molecule has 1 heterocycles. The molecule has 0 fully saturated rings. The zero-order valence-corrected chi connectivity index (χ0v) is 11.7. The van der Waals surface area contributed by atoms with Gasteiger partial charge in [-0.1, -0.05) is 25.1 Å². The summed E-state index contributed by atoms with van der Waals surface area (Å²) < 4.78 is 12.1. The van der Waals surface area contributed by atoms with Gasteiger partial charge in [0, 0.05) is 6.07 Å². The molecule has 0 aliphatic heterocycles. The molecule has 4 heteroatoms. The molecule has 18 heavy (non-hydrogen) atoms. The van der Waals surface area contributed by atoms with Crippen LogP contribution in [0.1, 0.15) is 13.3 Å². The van der Waals surface area contributed by atoms with Gasteiger partial charge in [0.2, 0.25) is 5.88 Å². The SMILES string of the molecule is CCCOc1ccccc1Oc1cccc(Br)n1. The molecule has 3 nitrogen and oxygen atoms in total. The first-order valence-electron chi connectivity index (χ1n) is 5.82. The summed E-state index contributed by atoms with van der Waals surface area (Å²) in [6.07, 6.45) is 0.962. The molecular weight excluding hydrogens is 294 g/mol. The van der Waals surface area contributed by atoms with Gasteiger partial charge in [-0.2, -0.15) is 0 Å². The summed E-state index contributed by atoms with van der Waals surface area (Å²) in [4.78, 5) is 4.23. The maximum atomic E-state index is 5.72. The zero-order valence-electron chi connectivity index (χ0n) is 10.1. The number of ether oxygens (including phenoxy) is 2. The van der Waals surface area contributed by atoms with E-state index in [-0.39, 0.29) is 0 Å². The van der Waals surface area contributed by atoms with E-state index in [1.54, 1.807) is 6.07 Å².